The second-order valence-corrected chi connectivity index (χ2v) is 6.06. The molecule has 0 aliphatic heterocycles. The van der Waals surface area contributed by atoms with Crippen molar-refractivity contribution in [1.29, 1.82) is 0 Å². The standard InChI is InChI=1S/C14H17BrN4O2/c1-9(2)8-21-14(20)13-10(3)19(18-17-13)7-12-5-4-11(15)6-16-12/h4-6,9H,7-8H2,1-3H3. The third-order valence-corrected chi connectivity index (χ3v) is 3.29. The lowest BCUT2D eigenvalue weighted by Gasteiger charge is -2.06. The number of pyridine rings is 1. The number of esters is 1. The van der Waals surface area contributed by atoms with Crippen LogP contribution in [0.2, 0.25) is 0 Å². The van der Waals surface area contributed by atoms with Gasteiger partial charge in [-0.3, -0.25) is 4.98 Å². The fraction of sp³-hybridized carbons (Fsp3) is 0.429. The Morgan fingerprint density at radius 3 is 2.81 bits per heavy atom. The highest BCUT2D eigenvalue weighted by Crippen LogP contribution is 2.11. The van der Waals surface area contributed by atoms with Gasteiger partial charge in [0.2, 0.25) is 0 Å². The lowest BCUT2D eigenvalue weighted by Crippen LogP contribution is -2.12. The van der Waals surface area contributed by atoms with Gasteiger partial charge in [-0.1, -0.05) is 19.1 Å². The van der Waals surface area contributed by atoms with E-state index in [0.717, 1.165) is 10.2 Å². The SMILES string of the molecule is Cc1c(C(=O)OCC(C)C)nnn1Cc1ccc(Br)cn1. The van der Waals surface area contributed by atoms with E-state index < -0.39 is 5.97 Å². The van der Waals surface area contributed by atoms with Gasteiger partial charge in [-0.2, -0.15) is 0 Å². The number of carbonyl (C=O) groups is 1. The van der Waals surface area contributed by atoms with E-state index in [2.05, 4.69) is 31.2 Å². The third kappa shape index (κ3) is 4.10. The van der Waals surface area contributed by atoms with E-state index >= 15 is 0 Å². The van der Waals surface area contributed by atoms with Crippen molar-refractivity contribution >= 4 is 21.9 Å². The molecule has 0 aliphatic carbocycles. The fourth-order valence-electron chi connectivity index (χ4n) is 1.66. The predicted octanol–water partition coefficient (Wildman–Crippen LogP) is 2.61. The quantitative estimate of drug-likeness (QED) is 0.773. The number of hydrogen-bond donors (Lipinski definition) is 0. The first-order chi connectivity index (χ1) is 9.97. The summed E-state index contributed by atoms with van der Waals surface area (Å²) in [7, 11) is 0. The van der Waals surface area contributed by atoms with E-state index in [1.807, 2.05) is 26.0 Å². The molecule has 0 aliphatic rings. The molecule has 112 valence electrons. The Bertz CT molecular complexity index is 622. The van der Waals surface area contributed by atoms with Crippen molar-refractivity contribution in [1.82, 2.24) is 20.0 Å². The summed E-state index contributed by atoms with van der Waals surface area (Å²) >= 11 is 3.34. The number of hydrogen-bond acceptors (Lipinski definition) is 5. The van der Waals surface area contributed by atoms with Gasteiger partial charge in [0, 0.05) is 10.7 Å². The molecule has 0 radical (unpaired) electrons. The lowest BCUT2D eigenvalue weighted by molar-refractivity contribution is 0.0451. The molecular weight excluding hydrogens is 336 g/mol. The number of rotatable bonds is 5. The zero-order valence-corrected chi connectivity index (χ0v) is 13.8. The molecule has 0 unspecified atom stereocenters. The van der Waals surface area contributed by atoms with E-state index in [-0.39, 0.29) is 11.6 Å². The van der Waals surface area contributed by atoms with Gasteiger partial charge in [-0.25, -0.2) is 9.48 Å². The Morgan fingerprint density at radius 2 is 2.19 bits per heavy atom. The van der Waals surface area contributed by atoms with Crippen molar-refractivity contribution in [2.24, 2.45) is 5.92 Å². The molecule has 0 aromatic carbocycles. The molecule has 0 fully saturated rings. The van der Waals surface area contributed by atoms with Crippen molar-refractivity contribution in [3.05, 3.63) is 39.9 Å². The van der Waals surface area contributed by atoms with Crippen LogP contribution in [-0.4, -0.2) is 32.6 Å². The van der Waals surface area contributed by atoms with Crippen molar-refractivity contribution in [3.63, 3.8) is 0 Å². The second kappa shape index (κ2) is 6.80. The first-order valence-electron chi connectivity index (χ1n) is 6.65. The van der Waals surface area contributed by atoms with Crippen LogP contribution in [0.4, 0.5) is 0 Å². The zero-order chi connectivity index (χ0) is 15.4. The van der Waals surface area contributed by atoms with Gasteiger partial charge in [0.15, 0.2) is 5.69 Å². The highest BCUT2D eigenvalue weighted by Gasteiger charge is 2.18. The molecule has 2 rings (SSSR count). The number of nitrogens with zero attached hydrogens (tertiary/aromatic N) is 4. The summed E-state index contributed by atoms with van der Waals surface area (Å²) in [6.45, 7) is 6.60. The molecule has 0 spiro atoms. The van der Waals surface area contributed by atoms with E-state index in [0.29, 0.717) is 18.8 Å². The average Bonchev–Trinajstić information content (AvgIpc) is 2.80. The highest BCUT2D eigenvalue weighted by molar-refractivity contribution is 9.10. The minimum Gasteiger partial charge on any atom is -0.461 e. The van der Waals surface area contributed by atoms with Crippen LogP contribution < -0.4 is 0 Å². The van der Waals surface area contributed by atoms with Crippen LogP contribution in [0.25, 0.3) is 0 Å². The molecule has 2 aromatic heterocycles. The summed E-state index contributed by atoms with van der Waals surface area (Å²) < 4.78 is 7.73. The van der Waals surface area contributed by atoms with Crippen LogP contribution in [0.3, 0.4) is 0 Å². The van der Waals surface area contributed by atoms with Gasteiger partial charge in [-0.05, 0) is 40.9 Å². The van der Waals surface area contributed by atoms with E-state index in [1.54, 1.807) is 17.8 Å². The molecule has 6 nitrogen and oxygen atoms in total. The second-order valence-electron chi connectivity index (χ2n) is 5.14. The summed E-state index contributed by atoms with van der Waals surface area (Å²) in [4.78, 5) is 16.2. The van der Waals surface area contributed by atoms with Crippen LogP contribution in [0.15, 0.2) is 22.8 Å². The van der Waals surface area contributed by atoms with E-state index in [9.17, 15) is 4.79 Å². The first kappa shape index (κ1) is 15.6. The summed E-state index contributed by atoms with van der Waals surface area (Å²) in [6, 6.07) is 3.80. The van der Waals surface area contributed by atoms with Gasteiger partial charge in [0.25, 0.3) is 0 Å². The fourth-order valence-corrected chi connectivity index (χ4v) is 1.90. The van der Waals surface area contributed by atoms with E-state index in [4.69, 9.17) is 4.74 Å². The van der Waals surface area contributed by atoms with Crippen LogP contribution >= 0.6 is 15.9 Å². The number of halogens is 1. The van der Waals surface area contributed by atoms with Crippen LogP contribution in [0.1, 0.15) is 35.7 Å². The summed E-state index contributed by atoms with van der Waals surface area (Å²) in [5, 5.41) is 7.90. The molecule has 2 aromatic rings. The van der Waals surface area contributed by atoms with Crippen molar-refractivity contribution in [2.45, 2.75) is 27.3 Å². The van der Waals surface area contributed by atoms with Crippen LogP contribution in [0.5, 0.6) is 0 Å². The van der Waals surface area contributed by atoms with Gasteiger partial charge in [0.1, 0.15) is 0 Å². The molecule has 0 N–H and O–H groups in total. The molecule has 0 bridgehead atoms. The lowest BCUT2D eigenvalue weighted by atomic mass is 10.2. The maximum atomic E-state index is 11.9. The summed E-state index contributed by atoms with van der Waals surface area (Å²) in [5.74, 6) is -0.146. The summed E-state index contributed by atoms with van der Waals surface area (Å²) in [5.41, 5.74) is 1.77. The highest BCUT2D eigenvalue weighted by atomic mass is 79.9. The minimum absolute atomic E-state index is 0.257. The maximum absolute atomic E-state index is 11.9. The number of carbonyl (C=O) groups excluding carboxylic acids is 1. The smallest absolute Gasteiger partial charge is 0.360 e. The molecule has 0 saturated heterocycles. The van der Waals surface area contributed by atoms with Crippen molar-refractivity contribution < 1.29 is 9.53 Å². The molecule has 0 atom stereocenters. The van der Waals surface area contributed by atoms with Gasteiger partial charge >= 0.3 is 5.97 Å². The molecule has 2 heterocycles. The predicted molar refractivity (Wildman–Crippen MR) is 80.9 cm³/mol. The minimum atomic E-state index is -0.434. The maximum Gasteiger partial charge on any atom is 0.360 e. The Balaban J connectivity index is 2.09. The van der Waals surface area contributed by atoms with Crippen molar-refractivity contribution in [2.75, 3.05) is 6.61 Å². The molecule has 0 amide bonds. The Morgan fingerprint density at radius 1 is 1.43 bits per heavy atom. The number of ether oxygens (including phenoxy) is 1. The zero-order valence-electron chi connectivity index (χ0n) is 12.2. The average molecular weight is 353 g/mol. The molecule has 0 saturated carbocycles. The van der Waals surface area contributed by atoms with Crippen LogP contribution in [-0.2, 0) is 11.3 Å². The Labute approximate surface area is 131 Å². The first-order valence-corrected chi connectivity index (χ1v) is 7.44. The largest absolute Gasteiger partial charge is 0.461 e. The topological polar surface area (TPSA) is 69.9 Å². The van der Waals surface area contributed by atoms with Crippen LogP contribution in [0, 0.1) is 12.8 Å². The molecule has 7 heteroatoms. The van der Waals surface area contributed by atoms with Gasteiger partial charge in [0.05, 0.1) is 24.5 Å². The van der Waals surface area contributed by atoms with Gasteiger partial charge < -0.3 is 4.74 Å². The number of aromatic nitrogens is 4. The normalized spacial score (nSPS) is 10.9. The molecule has 21 heavy (non-hydrogen) atoms. The Hall–Kier alpha value is -1.76. The van der Waals surface area contributed by atoms with E-state index in [1.165, 1.54) is 0 Å². The van der Waals surface area contributed by atoms with Crippen molar-refractivity contribution in [3.8, 4) is 0 Å². The monoisotopic (exact) mass is 352 g/mol. The third-order valence-electron chi connectivity index (χ3n) is 2.82. The Kier molecular flexibility index (Phi) is 5.06. The van der Waals surface area contributed by atoms with Gasteiger partial charge in [-0.15, -0.1) is 5.10 Å². The molecular formula is C14H17BrN4O2. The summed E-state index contributed by atoms with van der Waals surface area (Å²) in [6.07, 6.45) is 1.72.